The maximum absolute atomic E-state index is 13.5. The van der Waals surface area contributed by atoms with Crippen molar-refractivity contribution in [3.63, 3.8) is 0 Å². The number of amides is 1. The maximum atomic E-state index is 13.5. The van der Waals surface area contributed by atoms with Crippen LogP contribution in [0.25, 0.3) is 0 Å². The number of aromatic hydroxyl groups is 1. The third-order valence-electron chi connectivity index (χ3n) is 3.21. The van der Waals surface area contributed by atoms with E-state index < -0.39 is 11.7 Å². The molecular formula is C13H17FN2O2. The van der Waals surface area contributed by atoms with Gasteiger partial charge in [-0.15, -0.1) is 0 Å². The number of carbonyl (C=O) groups is 1. The van der Waals surface area contributed by atoms with E-state index >= 15 is 0 Å². The van der Waals surface area contributed by atoms with Crippen molar-refractivity contribution in [2.45, 2.75) is 31.8 Å². The van der Waals surface area contributed by atoms with Crippen molar-refractivity contribution in [1.82, 2.24) is 10.6 Å². The summed E-state index contributed by atoms with van der Waals surface area (Å²) in [6.45, 7) is 2.75. The predicted molar refractivity (Wildman–Crippen MR) is 66.0 cm³/mol. The van der Waals surface area contributed by atoms with Gasteiger partial charge in [0.2, 0.25) is 0 Å². The Labute approximate surface area is 105 Å². The molecule has 0 aromatic heterocycles. The van der Waals surface area contributed by atoms with Gasteiger partial charge in [-0.25, -0.2) is 4.39 Å². The number of hydrogen-bond acceptors (Lipinski definition) is 3. The zero-order chi connectivity index (χ0) is 13.1. The number of phenols is 1. The smallest absolute Gasteiger partial charge is 0.258 e. The van der Waals surface area contributed by atoms with Crippen LogP contribution in [0.1, 0.15) is 30.1 Å². The molecule has 2 rings (SSSR count). The standard InChI is InChI=1S/C13H17FN2O2/c1-8-5-6-9(7-15-8)16-13(18)12-10(14)3-2-4-11(12)17/h2-4,8-9,15,17H,5-7H2,1H3,(H,16,18). The van der Waals surface area contributed by atoms with Crippen molar-refractivity contribution in [3.05, 3.63) is 29.6 Å². The fourth-order valence-corrected chi connectivity index (χ4v) is 2.12. The van der Waals surface area contributed by atoms with E-state index in [0.29, 0.717) is 12.6 Å². The Morgan fingerprint density at radius 1 is 1.50 bits per heavy atom. The van der Waals surface area contributed by atoms with E-state index in [1.807, 2.05) is 0 Å². The quantitative estimate of drug-likeness (QED) is 0.745. The highest BCUT2D eigenvalue weighted by Gasteiger charge is 2.22. The Hall–Kier alpha value is -1.62. The van der Waals surface area contributed by atoms with Gasteiger partial charge in [-0.3, -0.25) is 4.79 Å². The van der Waals surface area contributed by atoms with Gasteiger partial charge in [0.25, 0.3) is 5.91 Å². The molecule has 5 heteroatoms. The Balaban J connectivity index is 2.04. The van der Waals surface area contributed by atoms with Gasteiger partial charge in [0.05, 0.1) is 0 Å². The first-order valence-electron chi connectivity index (χ1n) is 6.09. The summed E-state index contributed by atoms with van der Waals surface area (Å²) in [6, 6.07) is 4.26. The first-order valence-corrected chi connectivity index (χ1v) is 6.09. The molecule has 4 nitrogen and oxygen atoms in total. The molecule has 1 aromatic carbocycles. The van der Waals surface area contributed by atoms with Crippen molar-refractivity contribution in [2.24, 2.45) is 0 Å². The molecule has 1 fully saturated rings. The van der Waals surface area contributed by atoms with Gasteiger partial charge in [0, 0.05) is 18.6 Å². The number of nitrogens with one attached hydrogen (secondary N) is 2. The summed E-state index contributed by atoms with van der Waals surface area (Å²) in [5, 5.41) is 15.5. The average molecular weight is 252 g/mol. The van der Waals surface area contributed by atoms with E-state index in [9.17, 15) is 14.3 Å². The third kappa shape index (κ3) is 2.79. The minimum absolute atomic E-state index is 0.0206. The average Bonchev–Trinajstić information content (AvgIpc) is 2.32. The van der Waals surface area contributed by atoms with Gasteiger partial charge in [-0.1, -0.05) is 6.07 Å². The monoisotopic (exact) mass is 252 g/mol. The molecule has 1 aromatic rings. The highest BCUT2D eigenvalue weighted by Crippen LogP contribution is 2.20. The molecular weight excluding hydrogens is 235 g/mol. The van der Waals surface area contributed by atoms with Crippen molar-refractivity contribution in [3.8, 4) is 5.75 Å². The second kappa shape index (κ2) is 5.35. The van der Waals surface area contributed by atoms with E-state index in [0.717, 1.165) is 18.9 Å². The lowest BCUT2D eigenvalue weighted by atomic mass is 10.0. The Morgan fingerprint density at radius 3 is 2.89 bits per heavy atom. The van der Waals surface area contributed by atoms with Crippen molar-refractivity contribution in [1.29, 1.82) is 0 Å². The number of rotatable bonds is 2. The van der Waals surface area contributed by atoms with Crippen LogP contribution in [0.15, 0.2) is 18.2 Å². The van der Waals surface area contributed by atoms with Crippen molar-refractivity contribution in [2.75, 3.05) is 6.54 Å². The van der Waals surface area contributed by atoms with E-state index in [1.165, 1.54) is 12.1 Å². The lowest BCUT2D eigenvalue weighted by Gasteiger charge is -2.28. The third-order valence-corrected chi connectivity index (χ3v) is 3.21. The van der Waals surface area contributed by atoms with Crippen LogP contribution in [-0.4, -0.2) is 29.6 Å². The first kappa shape index (κ1) is 12.8. The summed E-state index contributed by atoms with van der Waals surface area (Å²) in [4.78, 5) is 11.9. The molecule has 2 atom stereocenters. The van der Waals surface area contributed by atoms with E-state index in [4.69, 9.17) is 0 Å². The van der Waals surface area contributed by atoms with Crippen LogP contribution in [0.5, 0.6) is 5.75 Å². The topological polar surface area (TPSA) is 61.4 Å². The number of benzene rings is 1. The molecule has 0 saturated carbocycles. The van der Waals surface area contributed by atoms with E-state index in [1.54, 1.807) is 0 Å². The highest BCUT2D eigenvalue weighted by atomic mass is 19.1. The Morgan fingerprint density at radius 2 is 2.28 bits per heavy atom. The van der Waals surface area contributed by atoms with Crippen LogP contribution >= 0.6 is 0 Å². The molecule has 1 amide bonds. The Bertz CT molecular complexity index is 422. The molecule has 1 aliphatic heterocycles. The van der Waals surface area contributed by atoms with Gasteiger partial charge in [0.1, 0.15) is 17.1 Å². The number of piperidine rings is 1. The zero-order valence-electron chi connectivity index (χ0n) is 10.2. The van der Waals surface area contributed by atoms with Crippen LogP contribution in [0, 0.1) is 5.82 Å². The number of carbonyl (C=O) groups excluding carboxylic acids is 1. The SMILES string of the molecule is CC1CCC(NC(=O)c2c(O)cccc2F)CN1. The maximum Gasteiger partial charge on any atom is 0.258 e. The fraction of sp³-hybridized carbons (Fsp3) is 0.462. The molecule has 1 heterocycles. The lowest BCUT2D eigenvalue weighted by molar-refractivity contribution is 0.0920. The van der Waals surface area contributed by atoms with Gasteiger partial charge >= 0.3 is 0 Å². The van der Waals surface area contributed by atoms with Crippen LogP contribution in [-0.2, 0) is 0 Å². The van der Waals surface area contributed by atoms with Crippen LogP contribution in [0.2, 0.25) is 0 Å². The van der Waals surface area contributed by atoms with Gasteiger partial charge < -0.3 is 15.7 Å². The number of phenolic OH excluding ortho intramolecular Hbond substituents is 1. The molecule has 3 N–H and O–H groups in total. The summed E-state index contributed by atoms with van der Waals surface area (Å²) in [5.74, 6) is -1.60. The van der Waals surface area contributed by atoms with E-state index in [2.05, 4.69) is 17.6 Å². The summed E-state index contributed by atoms with van der Waals surface area (Å²) >= 11 is 0. The number of halogens is 1. The molecule has 98 valence electrons. The second-order valence-corrected chi connectivity index (χ2v) is 4.69. The Kier molecular flexibility index (Phi) is 3.81. The molecule has 18 heavy (non-hydrogen) atoms. The van der Waals surface area contributed by atoms with Crippen LogP contribution < -0.4 is 10.6 Å². The normalized spacial score (nSPS) is 23.7. The van der Waals surface area contributed by atoms with E-state index in [-0.39, 0.29) is 17.4 Å². The fourth-order valence-electron chi connectivity index (χ4n) is 2.12. The van der Waals surface area contributed by atoms with Crippen molar-refractivity contribution < 1.29 is 14.3 Å². The summed E-state index contributed by atoms with van der Waals surface area (Å²) < 4.78 is 13.5. The molecule has 0 radical (unpaired) electrons. The molecule has 0 aliphatic carbocycles. The van der Waals surface area contributed by atoms with Crippen LogP contribution in [0.4, 0.5) is 4.39 Å². The molecule has 1 saturated heterocycles. The van der Waals surface area contributed by atoms with Crippen LogP contribution in [0.3, 0.4) is 0 Å². The van der Waals surface area contributed by atoms with Gasteiger partial charge in [-0.2, -0.15) is 0 Å². The number of hydrogen-bond donors (Lipinski definition) is 3. The minimum Gasteiger partial charge on any atom is -0.507 e. The van der Waals surface area contributed by atoms with Gasteiger partial charge in [0.15, 0.2) is 0 Å². The molecule has 0 bridgehead atoms. The first-order chi connectivity index (χ1) is 8.58. The molecule has 2 unspecified atom stereocenters. The molecule has 0 spiro atoms. The minimum atomic E-state index is -0.704. The van der Waals surface area contributed by atoms with Crippen molar-refractivity contribution >= 4 is 5.91 Å². The highest BCUT2D eigenvalue weighted by molar-refractivity contribution is 5.97. The largest absolute Gasteiger partial charge is 0.507 e. The molecule has 1 aliphatic rings. The summed E-state index contributed by atoms with van der Waals surface area (Å²) in [6.07, 6.45) is 1.82. The lowest BCUT2D eigenvalue weighted by Crippen LogP contribution is -2.48. The van der Waals surface area contributed by atoms with Gasteiger partial charge in [-0.05, 0) is 31.9 Å². The predicted octanol–water partition coefficient (Wildman–Crippen LogP) is 1.40. The summed E-state index contributed by atoms with van der Waals surface area (Å²) in [7, 11) is 0. The zero-order valence-corrected chi connectivity index (χ0v) is 10.2. The second-order valence-electron chi connectivity index (χ2n) is 4.69. The summed E-state index contributed by atoms with van der Waals surface area (Å²) in [5.41, 5.74) is -0.281.